The van der Waals surface area contributed by atoms with Crippen LogP contribution in [0.1, 0.15) is 28.5 Å². The van der Waals surface area contributed by atoms with Crippen molar-refractivity contribution < 1.29 is 9.53 Å². The van der Waals surface area contributed by atoms with Crippen molar-refractivity contribution in [1.29, 1.82) is 0 Å². The van der Waals surface area contributed by atoms with Crippen molar-refractivity contribution in [1.82, 2.24) is 9.38 Å². The molecule has 2 aromatic carbocycles. The second-order valence-corrected chi connectivity index (χ2v) is 6.81. The van der Waals surface area contributed by atoms with Gasteiger partial charge in [0.15, 0.2) is 0 Å². The summed E-state index contributed by atoms with van der Waals surface area (Å²) >= 11 is 3.59. The number of rotatable bonds is 4. The van der Waals surface area contributed by atoms with Crippen LogP contribution in [0.15, 0.2) is 59.2 Å². The van der Waals surface area contributed by atoms with Gasteiger partial charge in [-0.3, -0.25) is 9.20 Å². The summed E-state index contributed by atoms with van der Waals surface area (Å²) in [7, 11) is 1.65. The van der Waals surface area contributed by atoms with E-state index >= 15 is 0 Å². The number of carbonyl (C=O) groups is 1. The maximum Gasteiger partial charge on any atom is 0.214 e. The first-order valence-corrected chi connectivity index (χ1v) is 9.20. The zero-order valence-corrected chi connectivity index (χ0v) is 16.1. The summed E-state index contributed by atoms with van der Waals surface area (Å²) in [6, 6.07) is 17.3. The van der Waals surface area contributed by atoms with Gasteiger partial charge in [-0.15, -0.1) is 0 Å². The highest BCUT2D eigenvalue weighted by Gasteiger charge is 2.21. The Morgan fingerprint density at radius 1 is 1.15 bits per heavy atom. The summed E-state index contributed by atoms with van der Waals surface area (Å²) in [5.74, 6) is 0.637. The number of nitrogens with zero attached hydrogens (tertiary/aromatic N) is 2. The molecule has 0 unspecified atom stereocenters. The number of aryl methyl sites for hydroxylation is 1. The molecule has 0 spiro atoms. The minimum absolute atomic E-state index is 0.113. The molecule has 4 aromatic rings. The fourth-order valence-electron chi connectivity index (χ4n) is 3.17. The predicted octanol–water partition coefficient (Wildman–Crippen LogP) is 5.05. The highest BCUT2D eigenvalue weighted by Crippen LogP contribution is 2.33. The number of pyridine rings is 1. The number of ether oxygens (including phenoxy) is 1. The lowest BCUT2D eigenvalue weighted by molar-refractivity contribution is 0.103. The van der Waals surface area contributed by atoms with Crippen molar-refractivity contribution in [2.45, 2.75) is 13.3 Å². The zero-order chi connectivity index (χ0) is 18.3. The summed E-state index contributed by atoms with van der Waals surface area (Å²) in [5.41, 5.74) is 3.85. The van der Waals surface area contributed by atoms with E-state index in [-0.39, 0.29) is 5.78 Å². The van der Waals surface area contributed by atoms with Crippen LogP contribution in [0, 0.1) is 0 Å². The van der Waals surface area contributed by atoms with Crippen LogP contribution in [-0.4, -0.2) is 22.3 Å². The van der Waals surface area contributed by atoms with Crippen LogP contribution >= 0.6 is 15.9 Å². The van der Waals surface area contributed by atoms with E-state index in [4.69, 9.17) is 4.74 Å². The van der Waals surface area contributed by atoms with E-state index in [2.05, 4.69) is 40.0 Å². The highest BCUT2D eigenvalue weighted by molar-refractivity contribution is 9.10. The van der Waals surface area contributed by atoms with Gasteiger partial charge in [-0.25, -0.2) is 4.98 Å². The Bertz CT molecular complexity index is 1130. The second kappa shape index (κ2) is 6.57. The maximum atomic E-state index is 12.9. The Kier molecular flexibility index (Phi) is 4.24. The normalized spacial score (nSPS) is 11.2. The standard InChI is InChI=1S/C21H17BrN2O2/c1-3-13-9-10-16-15(11-13)17(26-2)12-18-23-19(21(22)24(16)18)20(25)14-7-5-4-6-8-14/h4-12H,3H2,1-2H3. The SMILES string of the molecule is CCc1ccc2c(c1)c(OC)cc1nc(C(=O)c3ccccc3)c(Br)n12. The highest BCUT2D eigenvalue weighted by atomic mass is 79.9. The zero-order valence-electron chi connectivity index (χ0n) is 14.5. The molecule has 26 heavy (non-hydrogen) atoms. The molecular formula is C21H17BrN2O2. The molecule has 4 nitrogen and oxygen atoms in total. The van der Waals surface area contributed by atoms with Gasteiger partial charge in [0.25, 0.3) is 0 Å². The van der Waals surface area contributed by atoms with E-state index in [0.717, 1.165) is 23.1 Å². The third-order valence-electron chi connectivity index (χ3n) is 4.55. The first kappa shape index (κ1) is 16.8. The van der Waals surface area contributed by atoms with Crippen LogP contribution in [0.3, 0.4) is 0 Å². The molecule has 0 N–H and O–H groups in total. The number of halogens is 1. The second-order valence-electron chi connectivity index (χ2n) is 6.06. The van der Waals surface area contributed by atoms with Crippen molar-refractivity contribution in [3.8, 4) is 5.75 Å². The first-order chi connectivity index (χ1) is 12.6. The summed E-state index contributed by atoms with van der Waals surface area (Å²) < 4.78 is 8.18. The Labute approximate surface area is 159 Å². The Morgan fingerprint density at radius 2 is 1.92 bits per heavy atom. The van der Waals surface area contributed by atoms with Gasteiger partial charge in [0.05, 0.1) is 12.6 Å². The molecule has 0 radical (unpaired) electrons. The molecule has 0 fully saturated rings. The molecule has 0 aliphatic heterocycles. The fraction of sp³-hybridized carbons (Fsp3) is 0.143. The van der Waals surface area contributed by atoms with Crippen LogP contribution < -0.4 is 4.74 Å². The predicted molar refractivity (Wildman–Crippen MR) is 106 cm³/mol. The number of ketones is 1. The number of aromatic nitrogens is 2. The molecule has 0 saturated heterocycles. The molecule has 0 amide bonds. The Hall–Kier alpha value is -2.66. The third kappa shape index (κ3) is 2.59. The van der Waals surface area contributed by atoms with Crippen molar-refractivity contribution >= 4 is 38.3 Å². The van der Waals surface area contributed by atoms with E-state index < -0.39 is 0 Å². The molecule has 2 aromatic heterocycles. The van der Waals surface area contributed by atoms with Gasteiger partial charge in [0.2, 0.25) is 5.78 Å². The Morgan fingerprint density at radius 3 is 2.62 bits per heavy atom. The first-order valence-electron chi connectivity index (χ1n) is 8.41. The van der Waals surface area contributed by atoms with E-state index in [0.29, 0.717) is 21.5 Å². The van der Waals surface area contributed by atoms with Crippen molar-refractivity contribution in [3.63, 3.8) is 0 Å². The average Bonchev–Trinajstić information content (AvgIpc) is 3.03. The van der Waals surface area contributed by atoms with Gasteiger partial charge in [0.1, 0.15) is 21.7 Å². The maximum absolute atomic E-state index is 12.9. The number of methoxy groups -OCH3 is 1. The van der Waals surface area contributed by atoms with Gasteiger partial charge in [-0.2, -0.15) is 0 Å². The molecule has 2 heterocycles. The van der Waals surface area contributed by atoms with Gasteiger partial charge in [0, 0.05) is 17.0 Å². The van der Waals surface area contributed by atoms with E-state index in [1.807, 2.05) is 34.7 Å². The van der Waals surface area contributed by atoms with E-state index in [1.165, 1.54) is 5.56 Å². The topological polar surface area (TPSA) is 43.6 Å². The van der Waals surface area contributed by atoms with Crippen LogP contribution in [0.5, 0.6) is 5.75 Å². The minimum Gasteiger partial charge on any atom is -0.496 e. The molecular weight excluding hydrogens is 392 g/mol. The molecule has 0 atom stereocenters. The molecule has 0 aliphatic rings. The quantitative estimate of drug-likeness (QED) is 0.443. The van der Waals surface area contributed by atoms with E-state index in [9.17, 15) is 4.79 Å². The minimum atomic E-state index is -0.113. The number of benzene rings is 2. The van der Waals surface area contributed by atoms with Gasteiger partial charge < -0.3 is 4.74 Å². The van der Waals surface area contributed by atoms with Crippen molar-refractivity contribution in [2.24, 2.45) is 0 Å². The molecule has 0 bridgehead atoms. The summed E-state index contributed by atoms with van der Waals surface area (Å²) in [6.07, 6.45) is 0.944. The number of imidazole rings is 1. The fourth-order valence-corrected chi connectivity index (χ4v) is 3.81. The van der Waals surface area contributed by atoms with Gasteiger partial charge in [-0.05, 0) is 40.0 Å². The number of carbonyl (C=O) groups excluding carboxylic acids is 1. The lowest BCUT2D eigenvalue weighted by Gasteiger charge is -2.10. The van der Waals surface area contributed by atoms with E-state index in [1.54, 1.807) is 19.2 Å². The molecule has 4 rings (SSSR count). The summed E-state index contributed by atoms with van der Waals surface area (Å²) in [6.45, 7) is 2.12. The van der Waals surface area contributed by atoms with Crippen LogP contribution in [0.4, 0.5) is 0 Å². The van der Waals surface area contributed by atoms with Crippen molar-refractivity contribution in [3.05, 3.63) is 76.0 Å². The largest absolute Gasteiger partial charge is 0.496 e. The number of fused-ring (bicyclic) bond motifs is 3. The van der Waals surface area contributed by atoms with Gasteiger partial charge in [-0.1, -0.05) is 43.3 Å². The molecule has 0 saturated carbocycles. The molecule has 5 heteroatoms. The third-order valence-corrected chi connectivity index (χ3v) is 5.28. The lowest BCUT2D eigenvalue weighted by Crippen LogP contribution is -2.02. The van der Waals surface area contributed by atoms with Crippen LogP contribution in [0.25, 0.3) is 16.6 Å². The van der Waals surface area contributed by atoms with Crippen LogP contribution in [0.2, 0.25) is 0 Å². The van der Waals surface area contributed by atoms with Crippen LogP contribution in [-0.2, 0) is 6.42 Å². The summed E-state index contributed by atoms with van der Waals surface area (Å²) in [5, 5.41) is 0.996. The smallest absolute Gasteiger partial charge is 0.214 e. The summed E-state index contributed by atoms with van der Waals surface area (Å²) in [4.78, 5) is 17.5. The van der Waals surface area contributed by atoms with Gasteiger partial charge >= 0.3 is 0 Å². The lowest BCUT2D eigenvalue weighted by atomic mass is 10.1. The molecule has 130 valence electrons. The number of hydrogen-bond acceptors (Lipinski definition) is 3. The average molecular weight is 409 g/mol. The van der Waals surface area contributed by atoms with Crippen molar-refractivity contribution in [2.75, 3.05) is 7.11 Å². The monoisotopic (exact) mass is 408 g/mol. The number of hydrogen-bond donors (Lipinski definition) is 0. The molecule has 0 aliphatic carbocycles. The Balaban J connectivity index is 2.00.